The predicted molar refractivity (Wildman–Crippen MR) is 73.5 cm³/mol. The Kier molecular flexibility index (Phi) is 15.6. The van der Waals surface area contributed by atoms with Crippen molar-refractivity contribution in [3.05, 3.63) is 0 Å². The zero-order valence-electron chi connectivity index (χ0n) is 12.2. The summed E-state index contributed by atoms with van der Waals surface area (Å²) in [6.07, 6.45) is 1.58. The number of hydrogen-bond donors (Lipinski definition) is 2. The molecule has 0 bridgehead atoms. The van der Waals surface area contributed by atoms with Gasteiger partial charge in [-0.1, -0.05) is 0 Å². The molecule has 0 heterocycles. The second kappa shape index (κ2) is 15.8. The fourth-order valence-electron chi connectivity index (χ4n) is 1.39. The summed E-state index contributed by atoms with van der Waals surface area (Å²) in [5.41, 5.74) is 0. The summed E-state index contributed by atoms with van der Waals surface area (Å²) in [5, 5.41) is 12.8. The van der Waals surface area contributed by atoms with Crippen molar-refractivity contribution in [2.24, 2.45) is 0 Å². The van der Waals surface area contributed by atoms with Crippen LogP contribution in [0.4, 0.5) is 0 Å². The molecule has 0 aliphatic rings. The highest BCUT2D eigenvalue weighted by Gasteiger charge is 2.02. The molecular weight excluding hydrogens is 250 g/mol. The molecule has 0 saturated carbocycles. The molecule has 2 N–H and O–H groups in total. The highest BCUT2D eigenvalue weighted by Crippen LogP contribution is 1.90. The first kappa shape index (κ1) is 18.8. The third kappa shape index (κ3) is 15.7. The van der Waals surface area contributed by atoms with Gasteiger partial charge in [0.25, 0.3) is 0 Å². The van der Waals surface area contributed by atoms with Crippen molar-refractivity contribution in [3.8, 4) is 0 Å². The zero-order chi connectivity index (χ0) is 14.2. The van der Waals surface area contributed by atoms with Gasteiger partial charge in [-0.25, -0.2) is 0 Å². The molecule has 6 heteroatoms. The Morgan fingerprint density at radius 2 is 1.58 bits per heavy atom. The molecule has 0 saturated heterocycles. The Hall–Kier alpha value is -0.240. The van der Waals surface area contributed by atoms with Gasteiger partial charge in [-0.05, 0) is 19.4 Å². The first-order valence-corrected chi connectivity index (χ1v) is 6.83. The van der Waals surface area contributed by atoms with Gasteiger partial charge in [-0.15, -0.1) is 0 Å². The van der Waals surface area contributed by atoms with Crippen LogP contribution in [0, 0.1) is 0 Å². The molecule has 0 aromatic carbocycles. The zero-order valence-corrected chi connectivity index (χ0v) is 12.2. The van der Waals surface area contributed by atoms with Gasteiger partial charge in [-0.3, -0.25) is 0 Å². The van der Waals surface area contributed by atoms with Gasteiger partial charge >= 0.3 is 0 Å². The molecule has 0 amide bonds. The minimum Gasteiger partial charge on any atom is -0.389 e. The summed E-state index contributed by atoms with van der Waals surface area (Å²) >= 11 is 0. The van der Waals surface area contributed by atoms with Crippen LogP contribution in [-0.2, 0) is 18.9 Å². The minimum atomic E-state index is -0.463. The van der Waals surface area contributed by atoms with Crippen LogP contribution in [0.3, 0.4) is 0 Å². The van der Waals surface area contributed by atoms with Crippen molar-refractivity contribution < 1.29 is 24.1 Å². The van der Waals surface area contributed by atoms with Crippen molar-refractivity contribution in [3.63, 3.8) is 0 Å². The van der Waals surface area contributed by atoms with Crippen LogP contribution in [0.25, 0.3) is 0 Å². The fourth-order valence-corrected chi connectivity index (χ4v) is 1.39. The van der Waals surface area contributed by atoms with E-state index < -0.39 is 6.10 Å². The number of hydrogen-bond acceptors (Lipinski definition) is 6. The van der Waals surface area contributed by atoms with Crippen LogP contribution in [-0.4, -0.2) is 78.2 Å². The fraction of sp³-hybridized carbons (Fsp3) is 1.00. The maximum Gasteiger partial charge on any atom is 0.0897 e. The van der Waals surface area contributed by atoms with E-state index >= 15 is 0 Å². The lowest BCUT2D eigenvalue weighted by molar-refractivity contribution is 0.0138. The van der Waals surface area contributed by atoms with Gasteiger partial charge in [0.15, 0.2) is 0 Å². The highest BCUT2D eigenvalue weighted by molar-refractivity contribution is 4.58. The SMILES string of the molecule is COCCOCCCCNCC(O)COCCOC. The van der Waals surface area contributed by atoms with E-state index in [-0.39, 0.29) is 0 Å². The summed E-state index contributed by atoms with van der Waals surface area (Å²) < 4.78 is 20.3. The lowest BCUT2D eigenvalue weighted by Crippen LogP contribution is -2.31. The van der Waals surface area contributed by atoms with Crippen molar-refractivity contribution in [1.29, 1.82) is 0 Å². The Bertz CT molecular complexity index is 171. The molecule has 0 aliphatic carbocycles. The van der Waals surface area contributed by atoms with Crippen LogP contribution >= 0.6 is 0 Å². The van der Waals surface area contributed by atoms with E-state index in [2.05, 4.69) is 5.32 Å². The summed E-state index contributed by atoms with van der Waals surface area (Å²) in [6, 6.07) is 0. The topological polar surface area (TPSA) is 69.2 Å². The number of ether oxygens (including phenoxy) is 4. The summed E-state index contributed by atoms with van der Waals surface area (Å²) in [4.78, 5) is 0. The molecule has 0 radical (unpaired) electrons. The summed E-state index contributed by atoms with van der Waals surface area (Å²) in [5.74, 6) is 0. The van der Waals surface area contributed by atoms with E-state index in [1.807, 2.05) is 0 Å². The molecule has 0 aliphatic heterocycles. The average molecular weight is 279 g/mol. The predicted octanol–water partition coefficient (Wildman–Crippen LogP) is 0.0431. The molecule has 1 unspecified atom stereocenters. The monoisotopic (exact) mass is 279 g/mol. The summed E-state index contributed by atoms with van der Waals surface area (Å²) in [7, 11) is 3.29. The number of nitrogens with one attached hydrogen (secondary N) is 1. The Morgan fingerprint density at radius 1 is 0.895 bits per heavy atom. The Morgan fingerprint density at radius 3 is 2.26 bits per heavy atom. The molecule has 116 valence electrons. The smallest absolute Gasteiger partial charge is 0.0897 e. The van der Waals surface area contributed by atoms with E-state index in [1.165, 1.54) is 0 Å². The number of aliphatic hydroxyl groups excluding tert-OH is 1. The molecule has 0 fully saturated rings. The largest absolute Gasteiger partial charge is 0.389 e. The first-order valence-electron chi connectivity index (χ1n) is 6.83. The number of methoxy groups -OCH3 is 2. The molecule has 0 spiro atoms. The van der Waals surface area contributed by atoms with Crippen LogP contribution in [0.5, 0.6) is 0 Å². The van der Waals surface area contributed by atoms with Crippen LogP contribution < -0.4 is 5.32 Å². The van der Waals surface area contributed by atoms with Gasteiger partial charge < -0.3 is 29.4 Å². The van der Waals surface area contributed by atoms with Crippen LogP contribution in [0.15, 0.2) is 0 Å². The van der Waals surface area contributed by atoms with Gasteiger partial charge in [0.2, 0.25) is 0 Å². The molecule has 0 aromatic heterocycles. The van der Waals surface area contributed by atoms with E-state index in [9.17, 15) is 5.11 Å². The molecule has 0 aromatic rings. The van der Waals surface area contributed by atoms with Gasteiger partial charge in [-0.2, -0.15) is 0 Å². The lowest BCUT2D eigenvalue weighted by atomic mass is 10.3. The third-order valence-electron chi connectivity index (χ3n) is 2.45. The normalized spacial score (nSPS) is 12.8. The highest BCUT2D eigenvalue weighted by atomic mass is 16.5. The lowest BCUT2D eigenvalue weighted by Gasteiger charge is -2.12. The van der Waals surface area contributed by atoms with Gasteiger partial charge in [0.05, 0.1) is 39.1 Å². The standard InChI is InChI=1S/C13H29NO5/c1-16-7-9-18-6-4-3-5-14-11-13(15)12-19-10-8-17-2/h13-15H,3-12H2,1-2H3. The Labute approximate surface area is 116 Å². The quantitative estimate of drug-likeness (QED) is 0.413. The van der Waals surface area contributed by atoms with Crippen molar-refractivity contribution in [2.75, 3.05) is 67.0 Å². The number of rotatable bonds is 15. The molecular formula is C13H29NO5. The van der Waals surface area contributed by atoms with E-state index in [1.54, 1.807) is 14.2 Å². The number of unbranched alkanes of at least 4 members (excludes halogenated alkanes) is 1. The Balaban J connectivity index is 3.07. The maximum absolute atomic E-state index is 9.58. The van der Waals surface area contributed by atoms with Crippen molar-refractivity contribution >= 4 is 0 Å². The first-order chi connectivity index (χ1) is 9.31. The minimum absolute atomic E-state index is 0.344. The number of aliphatic hydroxyl groups is 1. The molecule has 1 atom stereocenters. The van der Waals surface area contributed by atoms with Crippen LogP contribution in [0.2, 0.25) is 0 Å². The average Bonchev–Trinajstić information content (AvgIpc) is 2.42. The van der Waals surface area contributed by atoms with Crippen molar-refractivity contribution in [1.82, 2.24) is 5.32 Å². The molecule has 6 nitrogen and oxygen atoms in total. The van der Waals surface area contributed by atoms with Gasteiger partial charge in [0.1, 0.15) is 0 Å². The molecule has 0 rings (SSSR count). The maximum atomic E-state index is 9.58. The third-order valence-corrected chi connectivity index (χ3v) is 2.45. The van der Waals surface area contributed by atoms with Gasteiger partial charge in [0, 0.05) is 27.4 Å². The van der Waals surface area contributed by atoms with Crippen molar-refractivity contribution in [2.45, 2.75) is 18.9 Å². The second-order valence-electron chi connectivity index (χ2n) is 4.24. The molecule has 19 heavy (non-hydrogen) atoms. The summed E-state index contributed by atoms with van der Waals surface area (Å²) in [6.45, 7) is 4.91. The van der Waals surface area contributed by atoms with E-state index in [0.29, 0.717) is 39.6 Å². The van der Waals surface area contributed by atoms with E-state index in [4.69, 9.17) is 18.9 Å². The van der Waals surface area contributed by atoms with Crippen LogP contribution in [0.1, 0.15) is 12.8 Å². The van der Waals surface area contributed by atoms with E-state index in [0.717, 1.165) is 26.0 Å². The second-order valence-corrected chi connectivity index (χ2v) is 4.24.